The van der Waals surface area contributed by atoms with Crippen molar-refractivity contribution in [1.29, 1.82) is 0 Å². The first-order valence-electron chi connectivity index (χ1n) is 11.9. The first-order chi connectivity index (χ1) is 17.6. The highest BCUT2D eigenvalue weighted by molar-refractivity contribution is 7.99. The van der Waals surface area contributed by atoms with Crippen LogP contribution < -0.4 is 10.2 Å². The van der Waals surface area contributed by atoms with E-state index in [1.54, 1.807) is 16.7 Å². The normalized spacial score (nSPS) is 19.4. The molecule has 36 heavy (non-hydrogen) atoms. The topological polar surface area (TPSA) is 85.5 Å². The van der Waals surface area contributed by atoms with Crippen LogP contribution in [0.4, 0.5) is 10.5 Å². The van der Waals surface area contributed by atoms with E-state index in [4.69, 9.17) is 0 Å². The minimum Gasteiger partial charge on any atom is -0.361 e. The van der Waals surface area contributed by atoms with Crippen molar-refractivity contribution in [2.75, 3.05) is 17.2 Å². The Bertz CT molecular complexity index is 1470. The Morgan fingerprint density at radius 3 is 2.56 bits per heavy atom. The van der Waals surface area contributed by atoms with E-state index in [-0.39, 0.29) is 24.4 Å². The second-order valence-electron chi connectivity index (χ2n) is 8.96. The van der Waals surface area contributed by atoms with Crippen LogP contribution in [0, 0.1) is 0 Å². The fraction of sp³-hybridized carbons (Fsp3) is 0.179. The van der Waals surface area contributed by atoms with Gasteiger partial charge in [0.1, 0.15) is 12.6 Å². The number of para-hydroxylation sites is 2. The molecule has 0 saturated carbocycles. The average molecular weight is 497 g/mol. The predicted octanol–water partition coefficient (Wildman–Crippen LogP) is 4.51. The van der Waals surface area contributed by atoms with Crippen LogP contribution in [0.15, 0.2) is 90.0 Å². The van der Waals surface area contributed by atoms with E-state index in [0.29, 0.717) is 12.2 Å². The lowest BCUT2D eigenvalue weighted by molar-refractivity contribution is -0.131. The smallest absolute Gasteiger partial charge is 0.325 e. The number of hydrogen-bond donors (Lipinski definition) is 2. The van der Waals surface area contributed by atoms with E-state index >= 15 is 0 Å². The second-order valence-corrected chi connectivity index (χ2v) is 10.0. The van der Waals surface area contributed by atoms with Gasteiger partial charge in [-0.15, -0.1) is 11.8 Å². The number of rotatable bonds is 5. The van der Waals surface area contributed by atoms with Gasteiger partial charge in [0.15, 0.2) is 0 Å². The van der Waals surface area contributed by atoms with Gasteiger partial charge in [0.25, 0.3) is 5.91 Å². The van der Waals surface area contributed by atoms with Crippen LogP contribution in [0.2, 0.25) is 0 Å². The van der Waals surface area contributed by atoms with Crippen LogP contribution in [-0.4, -0.2) is 46.1 Å². The van der Waals surface area contributed by atoms with Crippen molar-refractivity contribution in [2.24, 2.45) is 0 Å². The minimum absolute atomic E-state index is 0.193. The highest BCUT2D eigenvalue weighted by Crippen LogP contribution is 2.43. The zero-order valence-corrected chi connectivity index (χ0v) is 20.2. The molecule has 8 heteroatoms. The number of benzene rings is 3. The fourth-order valence-corrected chi connectivity index (χ4v) is 6.18. The number of H-pyrrole nitrogens is 1. The Hall–Kier alpha value is -4.04. The maximum atomic E-state index is 13.7. The summed E-state index contributed by atoms with van der Waals surface area (Å²) in [6.07, 6.45) is 2.22. The van der Waals surface area contributed by atoms with Crippen LogP contribution >= 0.6 is 11.8 Å². The third-order valence-electron chi connectivity index (χ3n) is 6.79. The largest absolute Gasteiger partial charge is 0.361 e. The van der Waals surface area contributed by atoms with Gasteiger partial charge in [-0.05, 0) is 29.3 Å². The van der Waals surface area contributed by atoms with Gasteiger partial charge in [0, 0.05) is 34.2 Å². The first-order valence-corrected chi connectivity index (χ1v) is 12.8. The van der Waals surface area contributed by atoms with Gasteiger partial charge in [-0.3, -0.25) is 14.5 Å². The number of imide groups is 1. The molecule has 1 saturated heterocycles. The zero-order valence-electron chi connectivity index (χ0n) is 19.4. The molecule has 1 aromatic heterocycles. The summed E-state index contributed by atoms with van der Waals surface area (Å²) in [5.41, 5.74) is 3.74. The second kappa shape index (κ2) is 9.20. The SMILES string of the molecule is O=C1N[C@H](Cc2c[nH]c3ccccc23)C(=O)N1CC(=O)N1c2ccccc2SC[C@H]1c1ccccc1. The summed E-state index contributed by atoms with van der Waals surface area (Å²) in [6, 6.07) is 24.0. The molecule has 3 aromatic carbocycles. The van der Waals surface area contributed by atoms with Crippen LogP contribution in [0.3, 0.4) is 0 Å². The quantitative estimate of drug-likeness (QED) is 0.398. The van der Waals surface area contributed by atoms with Crippen molar-refractivity contribution in [1.82, 2.24) is 15.2 Å². The summed E-state index contributed by atoms with van der Waals surface area (Å²) in [5, 5.41) is 3.79. The van der Waals surface area contributed by atoms with Crippen LogP contribution in [-0.2, 0) is 16.0 Å². The summed E-state index contributed by atoms with van der Waals surface area (Å²) in [5.74, 6) is 0.0261. The standard InChI is InChI=1S/C28H24N4O3S/c33-26(32-23-12-6-7-13-25(23)36-17-24(32)18-8-2-1-3-9-18)16-31-27(34)22(30-28(31)35)14-19-15-29-21-11-5-4-10-20(19)21/h1-13,15,22,24,29H,14,16-17H2,(H,30,35)/t22-,24+/m1/s1. The van der Waals surface area contributed by atoms with E-state index < -0.39 is 12.1 Å². The van der Waals surface area contributed by atoms with E-state index in [1.165, 1.54) is 0 Å². The highest BCUT2D eigenvalue weighted by atomic mass is 32.2. The van der Waals surface area contributed by atoms with E-state index in [1.807, 2.05) is 85.1 Å². The molecule has 0 spiro atoms. The molecule has 1 fully saturated rings. The lowest BCUT2D eigenvalue weighted by atomic mass is 10.0. The highest BCUT2D eigenvalue weighted by Gasteiger charge is 2.41. The Labute approximate surface area is 212 Å². The van der Waals surface area contributed by atoms with E-state index in [2.05, 4.69) is 10.3 Å². The monoisotopic (exact) mass is 496 g/mol. The van der Waals surface area contributed by atoms with Crippen LogP contribution in [0.1, 0.15) is 17.2 Å². The Morgan fingerprint density at radius 1 is 0.944 bits per heavy atom. The summed E-state index contributed by atoms with van der Waals surface area (Å²) in [6.45, 7) is -0.308. The molecule has 0 unspecified atom stereocenters. The third kappa shape index (κ3) is 3.93. The van der Waals surface area contributed by atoms with Gasteiger partial charge in [-0.2, -0.15) is 0 Å². The summed E-state index contributed by atoms with van der Waals surface area (Å²) >= 11 is 1.70. The van der Waals surface area contributed by atoms with Gasteiger partial charge in [0.2, 0.25) is 5.91 Å². The van der Waals surface area contributed by atoms with Gasteiger partial charge in [-0.25, -0.2) is 4.79 Å². The van der Waals surface area contributed by atoms with Crippen molar-refractivity contribution in [3.63, 3.8) is 0 Å². The van der Waals surface area contributed by atoms with Crippen molar-refractivity contribution < 1.29 is 14.4 Å². The van der Waals surface area contributed by atoms with Gasteiger partial charge in [-0.1, -0.05) is 60.7 Å². The number of amides is 4. The number of carbonyl (C=O) groups is 3. The fourth-order valence-electron chi connectivity index (χ4n) is 5.01. The number of urea groups is 1. The number of nitrogens with zero attached hydrogens (tertiary/aromatic N) is 2. The number of anilines is 1. The average Bonchev–Trinajstić information content (AvgIpc) is 3.44. The van der Waals surface area contributed by atoms with Crippen molar-refractivity contribution >= 4 is 46.2 Å². The van der Waals surface area contributed by atoms with Crippen LogP contribution in [0.5, 0.6) is 0 Å². The molecule has 4 amide bonds. The van der Waals surface area contributed by atoms with Gasteiger partial charge >= 0.3 is 6.03 Å². The summed E-state index contributed by atoms with van der Waals surface area (Å²) < 4.78 is 0. The zero-order chi connectivity index (χ0) is 24.6. The maximum Gasteiger partial charge on any atom is 0.325 e. The van der Waals surface area contributed by atoms with Crippen LogP contribution in [0.25, 0.3) is 10.9 Å². The molecule has 2 aliphatic rings. The first kappa shape index (κ1) is 22.4. The van der Waals surface area contributed by atoms with E-state index in [9.17, 15) is 14.4 Å². The summed E-state index contributed by atoms with van der Waals surface area (Å²) in [7, 11) is 0. The molecule has 4 aromatic rings. The molecule has 7 nitrogen and oxygen atoms in total. The van der Waals surface area contributed by atoms with Gasteiger partial charge < -0.3 is 15.2 Å². The molecule has 2 aliphatic heterocycles. The lowest BCUT2D eigenvalue weighted by Crippen LogP contribution is -2.46. The number of hydrogen-bond acceptors (Lipinski definition) is 4. The van der Waals surface area contributed by atoms with Crippen molar-refractivity contribution in [3.05, 3.63) is 96.2 Å². The Balaban J connectivity index is 1.25. The Kier molecular flexibility index (Phi) is 5.73. The number of fused-ring (bicyclic) bond motifs is 2. The third-order valence-corrected chi connectivity index (χ3v) is 7.92. The Morgan fingerprint density at radius 2 is 1.69 bits per heavy atom. The molecule has 2 N–H and O–H groups in total. The number of carbonyl (C=O) groups excluding carboxylic acids is 3. The number of aromatic nitrogens is 1. The maximum absolute atomic E-state index is 13.7. The molecular formula is C28H24N4O3S. The molecule has 0 radical (unpaired) electrons. The molecule has 0 aliphatic carbocycles. The summed E-state index contributed by atoms with van der Waals surface area (Å²) in [4.78, 5) is 46.8. The lowest BCUT2D eigenvalue weighted by Gasteiger charge is -2.37. The minimum atomic E-state index is -0.710. The molecule has 6 rings (SSSR count). The van der Waals surface area contributed by atoms with Crippen molar-refractivity contribution in [3.8, 4) is 0 Å². The predicted molar refractivity (Wildman–Crippen MR) is 140 cm³/mol. The molecule has 3 heterocycles. The molecule has 0 bridgehead atoms. The molecule has 2 atom stereocenters. The number of nitrogens with one attached hydrogen (secondary N) is 2. The van der Waals surface area contributed by atoms with Gasteiger partial charge in [0.05, 0.1) is 11.7 Å². The molecular weight excluding hydrogens is 472 g/mol. The van der Waals surface area contributed by atoms with Crippen molar-refractivity contribution in [2.45, 2.75) is 23.4 Å². The number of aromatic amines is 1. The van der Waals surface area contributed by atoms with E-state index in [0.717, 1.165) is 37.5 Å². The number of thioether (sulfide) groups is 1. The molecule has 180 valence electrons.